The third-order valence-corrected chi connectivity index (χ3v) is 2.13. The minimum absolute atomic E-state index is 0.969. The maximum absolute atomic E-state index is 4.16. The van der Waals surface area contributed by atoms with E-state index in [2.05, 4.69) is 35.0 Å². The average Bonchev–Trinajstić information content (AvgIpc) is 2.39. The van der Waals surface area contributed by atoms with Crippen molar-refractivity contribution < 1.29 is 0 Å². The van der Waals surface area contributed by atoms with E-state index in [-0.39, 0.29) is 0 Å². The highest BCUT2D eigenvalue weighted by molar-refractivity contribution is 5.89. The van der Waals surface area contributed by atoms with Crippen LogP contribution in [-0.2, 0) is 0 Å². The number of benzene rings is 1. The lowest BCUT2D eigenvalue weighted by molar-refractivity contribution is 1.01. The standard InChI is InChI=1S/C11H12N2/c1-2-13-8-7-12-9-10-5-3-4-6-11(10)13/h3-9H,2H2,1H3. The van der Waals surface area contributed by atoms with Gasteiger partial charge in [-0.25, -0.2) is 0 Å². The van der Waals surface area contributed by atoms with E-state index in [9.17, 15) is 0 Å². The van der Waals surface area contributed by atoms with Gasteiger partial charge in [-0.3, -0.25) is 4.99 Å². The van der Waals surface area contributed by atoms with Gasteiger partial charge < -0.3 is 4.90 Å². The summed E-state index contributed by atoms with van der Waals surface area (Å²) in [4.78, 5) is 6.35. The Morgan fingerprint density at radius 2 is 2.15 bits per heavy atom. The summed E-state index contributed by atoms with van der Waals surface area (Å²) in [6.45, 7) is 3.10. The fourth-order valence-corrected chi connectivity index (χ4v) is 1.46. The van der Waals surface area contributed by atoms with E-state index in [1.807, 2.05) is 24.7 Å². The molecule has 2 heteroatoms. The number of nitrogens with zero attached hydrogens (tertiary/aromatic N) is 2. The molecule has 0 saturated carbocycles. The number of hydrogen-bond acceptors (Lipinski definition) is 2. The highest BCUT2D eigenvalue weighted by Gasteiger charge is 2.06. The van der Waals surface area contributed by atoms with E-state index < -0.39 is 0 Å². The van der Waals surface area contributed by atoms with Crippen molar-refractivity contribution in [3.05, 3.63) is 42.2 Å². The number of hydrogen-bond donors (Lipinski definition) is 0. The zero-order valence-corrected chi connectivity index (χ0v) is 7.64. The lowest BCUT2D eigenvalue weighted by Gasteiger charge is -2.18. The van der Waals surface area contributed by atoms with E-state index in [0.717, 1.165) is 6.54 Å². The fourth-order valence-electron chi connectivity index (χ4n) is 1.46. The molecule has 1 aliphatic rings. The average molecular weight is 172 g/mol. The second-order valence-electron chi connectivity index (χ2n) is 2.92. The Kier molecular flexibility index (Phi) is 2.13. The van der Waals surface area contributed by atoms with Gasteiger partial charge in [-0.15, -0.1) is 0 Å². The van der Waals surface area contributed by atoms with E-state index in [4.69, 9.17) is 0 Å². The molecule has 1 aromatic rings. The molecule has 0 aromatic heterocycles. The van der Waals surface area contributed by atoms with Crippen molar-refractivity contribution >= 4 is 11.9 Å². The Labute approximate surface area is 78.2 Å². The van der Waals surface area contributed by atoms with Gasteiger partial charge >= 0.3 is 0 Å². The first kappa shape index (κ1) is 8.05. The van der Waals surface area contributed by atoms with Crippen molar-refractivity contribution in [2.45, 2.75) is 6.92 Å². The van der Waals surface area contributed by atoms with Crippen molar-refractivity contribution in [3.63, 3.8) is 0 Å². The topological polar surface area (TPSA) is 15.6 Å². The molecule has 0 atom stereocenters. The molecule has 0 aliphatic carbocycles. The van der Waals surface area contributed by atoms with Crippen LogP contribution in [-0.4, -0.2) is 12.8 Å². The van der Waals surface area contributed by atoms with E-state index in [0.29, 0.717) is 0 Å². The number of fused-ring (bicyclic) bond motifs is 1. The highest BCUT2D eigenvalue weighted by atomic mass is 15.1. The van der Waals surface area contributed by atoms with Crippen LogP contribution in [0.2, 0.25) is 0 Å². The Morgan fingerprint density at radius 1 is 1.31 bits per heavy atom. The lowest BCUT2D eigenvalue weighted by atomic mass is 10.2. The quantitative estimate of drug-likeness (QED) is 0.635. The van der Waals surface area contributed by atoms with Crippen LogP contribution >= 0.6 is 0 Å². The maximum Gasteiger partial charge on any atom is 0.0495 e. The monoisotopic (exact) mass is 172 g/mol. The second kappa shape index (κ2) is 3.44. The molecular formula is C11H12N2. The zero-order chi connectivity index (χ0) is 9.10. The molecule has 2 nitrogen and oxygen atoms in total. The number of anilines is 1. The molecule has 0 unspecified atom stereocenters. The van der Waals surface area contributed by atoms with Crippen molar-refractivity contribution in [2.75, 3.05) is 11.4 Å². The van der Waals surface area contributed by atoms with Gasteiger partial charge in [-0.05, 0) is 13.0 Å². The van der Waals surface area contributed by atoms with Crippen LogP contribution in [0.25, 0.3) is 0 Å². The van der Waals surface area contributed by atoms with Gasteiger partial charge in [0.15, 0.2) is 0 Å². The van der Waals surface area contributed by atoms with Crippen molar-refractivity contribution in [3.8, 4) is 0 Å². The maximum atomic E-state index is 4.16. The fraction of sp³-hybridized carbons (Fsp3) is 0.182. The minimum Gasteiger partial charge on any atom is -0.346 e. The number of aliphatic imine (C=N–C) groups is 1. The van der Waals surface area contributed by atoms with Crippen LogP contribution in [0, 0.1) is 0 Å². The molecule has 1 heterocycles. The van der Waals surface area contributed by atoms with E-state index in [1.165, 1.54) is 11.3 Å². The third kappa shape index (κ3) is 1.47. The first-order chi connectivity index (χ1) is 6.42. The Morgan fingerprint density at radius 3 is 3.00 bits per heavy atom. The van der Waals surface area contributed by atoms with Gasteiger partial charge in [0.2, 0.25) is 0 Å². The summed E-state index contributed by atoms with van der Waals surface area (Å²) >= 11 is 0. The zero-order valence-electron chi connectivity index (χ0n) is 7.64. The van der Waals surface area contributed by atoms with Crippen LogP contribution in [0.3, 0.4) is 0 Å². The van der Waals surface area contributed by atoms with E-state index >= 15 is 0 Å². The minimum atomic E-state index is 0.969. The third-order valence-electron chi connectivity index (χ3n) is 2.13. The van der Waals surface area contributed by atoms with Crippen molar-refractivity contribution in [2.24, 2.45) is 4.99 Å². The number of rotatable bonds is 1. The molecule has 0 saturated heterocycles. The van der Waals surface area contributed by atoms with Crippen LogP contribution < -0.4 is 4.90 Å². The molecule has 66 valence electrons. The largest absolute Gasteiger partial charge is 0.346 e. The molecular weight excluding hydrogens is 160 g/mol. The van der Waals surface area contributed by atoms with Gasteiger partial charge in [-0.2, -0.15) is 0 Å². The predicted octanol–water partition coefficient (Wildman–Crippen LogP) is 2.42. The summed E-state index contributed by atoms with van der Waals surface area (Å²) in [6, 6.07) is 8.27. The van der Waals surface area contributed by atoms with Gasteiger partial charge in [0.05, 0.1) is 0 Å². The Balaban J connectivity index is 2.50. The summed E-state index contributed by atoms with van der Waals surface area (Å²) in [5, 5.41) is 0. The molecule has 0 amide bonds. The van der Waals surface area contributed by atoms with Crippen molar-refractivity contribution in [1.29, 1.82) is 0 Å². The van der Waals surface area contributed by atoms with Gasteiger partial charge in [0, 0.05) is 36.4 Å². The van der Waals surface area contributed by atoms with Gasteiger partial charge in [0.1, 0.15) is 0 Å². The lowest BCUT2D eigenvalue weighted by Crippen LogP contribution is -2.15. The highest BCUT2D eigenvalue weighted by Crippen LogP contribution is 2.20. The predicted molar refractivity (Wildman–Crippen MR) is 56.2 cm³/mol. The molecule has 1 aliphatic heterocycles. The summed E-state index contributed by atoms with van der Waals surface area (Å²) in [5.41, 5.74) is 2.40. The first-order valence-corrected chi connectivity index (χ1v) is 4.47. The van der Waals surface area contributed by atoms with Crippen LogP contribution in [0.4, 0.5) is 5.69 Å². The van der Waals surface area contributed by atoms with Gasteiger partial charge in [0.25, 0.3) is 0 Å². The molecule has 0 bridgehead atoms. The number of para-hydroxylation sites is 1. The smallest absolute Gasteiger partial charge is 0.0495 e. The second-order valence-corrected chi connectivity index (χ2v) is 2.92. The van der Waals surface area contributed by atoms with Crippen LogP contribution in [0.15, 0.2) is 41.7 Å². The molecule has 13 heavy (non-hydrogen) atoms. The van der Waals surface area contributed by atoms with Crippen LogP contribution in [0.1, 0.15) is 12.5 Å². The molecule has 0 spiro atoms. The summed E-state index contributed by atoms with van der Waals surface area (Å²) in [7, 11) is 0. The molecule has 2 rings (SSSR count). The first-order valence-electron chi connectivity index (χ1n) is 4.47. The van der Waals surface area contributed by atoms with Crippen LogP contribution in [0.5, 0.6) is 0 Å². The van der Waals surface area contributed by atoms with Crippen molar-refractivity contribution in [1.82, 2.24) is 0 Å². The van der Waals surface area contributed by atoms with Gasteiger partial charge in [-0.1, -0.05) is 18.2 Å². The molecule has 0 fully saturated rings. The molecule has 0 N–H and O–H groups in total. The SMILES string of the molecule is CCN1C=CN=Cc2ccccc21. The summed E-state index contributed by atoms with van der Waals surface area (Å²) in [5.74, 6) is 0. The van der Waals surface area contributed by atoms with E-state index in [1.54, 1.807) is 0 Å². The summed E-state index contributed by atoms with van der Waals surface area (Å²) in [6.07, 6.45) is 5.72. The molecule has 0 radical (unpaired) electrons. The Bertz CT molecular complexity index is 353. The summed E-state index contributed by atoms with van der Waals surface area (Å²) < 4.78 is 0. The normalized spacial score (nSPS) is 14.1. The molecule has 1 aromatic carbocycles. The Hall–Kier alpha value is -1.57.